The Hall–Kier alpha value is -3.45. The van der Waals surface area contributed by atoms with E-state index < -0.39 is 93.5 Å². The molecule has 2 aromatic carbocycles. The average molecular weight is 611 g/mol. The van der Waals surface area contributed by atoms with Crippen molar-refractivity contribution in [3.8, 4) is 11.1 Å². The molecule has 2 saturated heterocycles. The molecule has 1 amide bonds. The van der Waals surface area contributed by atoms with Crippen LogP contribution in [0, 0.1) is 17.0 Å². The third-order valence-corrected chi connectivity index (χ3v) is 8.73. The Morgan fingerprint density at radius 1 is 1.21 bits per heavy atom. The molecule has 2 fully saturated rings. The van der Waals surface area contributed by atoms with Crippen molar-refractivity contribution < 1.29 is 37.0 Å². The summed E-state index contributed by atoms with van der Waals surface area (Å²) < 4.78 is 116. The van der Waals surface area contributed by atoms with Crippen molar-refractivity contribution in [3.63, 3.8) is 0 Å². The summed E-state index contributed by atoms with van der Waals surface area (Å²) in [5, 5.41) is -0.333. The fourth-order valence-electron chi connectivity index (χ4n) is 5.81. The molecule has 42 heavy (non-hydrogen) atoms. The Morgan fingerprint density at radius 3 is 2.48 bits per heavy atom. The summed E-state index contributed by atoms with van der Waals surface area (Å²) in [6.45, 7) is 3.06. The molecule has 0 unspecified atom stereocenters. The third-order valence-electron chi connectivity index (χ3n) is 7.64. The first-order valence-electron chi connectivity index (χ1n) is 15.0. The van der Waals surface area contributed by atoms with Crippen LogP contribution in [-0.2, 0) is 22.2 Å². The monoisotopic (exact) mass is 610 g/mol. The van der Waals surface area contributed by atoms with E-state index in [0.29, 0.717) is 16.7 Å². The highest BCUT2D eigenvalue weighted by Gasteiger charge is 2.45. The smallest absolute Gasteiger partial charge is 0.380 e. The third kappa shape index (κ3) is 4.57. The zero-order valence-corrected chi connectivity index (χ0v) is 23.2. The Labute approximate surface area is 247 Å². The van der Waals surface area contributed by atoms with Crippen LogP contribution in [0.1, 0.15) is 24.9 Å². The van der Waals surface area contributed by atoms with Gasteiger partial charge < -0.3 is 14.5 Å². The number of benzene rings is 2. The van der Waals surface area contributed by atoms with Crippen LogP contribution >= 0.6 is 11.8 Å². The maximum absolute atomic E-state index is 15.3. The van der Waals surface area contributed by atoms with E-state index in [1.54, 1.807) is 13.8 Å². The maximum Gasteiger partial charge on any atom is 0.417 e. The predicted molar refractivity (Wildman–Crippen MR) is 149 cm³/mol. The number of hydrogen-bond acceptors (Lipinski definition) is 6. The van der Waals surface area contributed by atoms with Crippen molar-refractivity contribution >= 4 is 34.4 Å². The van der Waals surface area contributed by atoms with E-state index >= 15 is 4.39 Å². The Balaban J connectivity index is 1.75. The van der Waals surface area contributed by atoms with Crippen LogP contribution in [0.3, 0.4) is 0 Å². The van der Waals surface area contributed by atoms with Crippen molar-refractivity contribution in [2.24, 2.45) is 5.41 Å². The number of halogens is 5. The van der Waals surface area contributed by atoms with Gasteiger partial charge in [-0.15, -0.1) is 11.8 Å². The first-order chi connectivity index (χ1) is 21.4. The van der Waals surface area contributed by atoms with E-state index in [9.17, 15) is 27.2 Å². The van der Waals surface area contributed by atoms with Crippen LogP contribution < -0.4 is 10.6 Å². The zero-order valence-electron chi connectivity index (χ0n) is 26.4. The van der Waals surface area contributed by atoms with E-state index in [-0.39, 0.29) is 42.0 Å². The molecule has 0 aliphatic carbocycles. The van der Waals surface area contributed by atoms with Crippen molar-refractivity contribution in [2.45, 2.75) is 43.5 Å². The number of piperazine rings is 1. The van der Waals surface area contributed by atoms with Crippen LogP contribution in [0.15, 0.2) is 46.6 Å². The van der Waals surface area contributed by atoms with E-state index in [1.165, 1.54) is 9.80 Å². The van der Waals surface area contributed by atoms with E-state index in [1.807, 2.05) is 0 Å². The van der Waals surface area contributed by atoms with Crippen LogP contribution in [0.4, 0.5) is 27.8 Å². The van der Waals surface area contributed by atoms with Gasteiger partial charge in [0.05, 0.1) is 27.0 Å². The molecule has 4 heterocycles. The molecular formula is C29H27F5N4O3S. The lowest BCUT2D eigenvalue weighted by Gasteiger charge is -2.44. The van der Waals surface area contributed by atoms with Crippen LogP contribution in [0.5, 0.6) is 0 Å². The number of carbonyl (C=O) groups excluding carboxylic acids is 1. The minimum atomic E-state index is -5.18. The molecule has 3 aromatic rings. The first-order valence-corrected chi connectivity index (χ1v) is 13.8. The van der Waals surface area contributed by atoms with Gasteiger partial charge in [0.1, 0.15) is 17.5 Å². The minimum absolute atomic E-state index is 0.0269. The number of carbonyl (C=O) groups is 1. The molecule has 1 spiro atoms. The second-order valence-corrected chi connectivity index (χ2v) is 11.5. The van der Waals surface area contributed by atoms with E-state index in [0.717, 1.165) is 18.2 Å². The highest BCUT2D eigenvalue weighted by Crippen LogP contribution is 2.51. The number of hydrogen-bond donors (Lipinski definition) is 0. The molecule has 7 nitrogen and oxygen atoms in total. The number of amides is 1. The normalized spacial score (nSPS) is 25.6. The van der Waals surface area contributed by atoms with Crippen LogP contribution in [0.25, 0.3) is 22.0 Å². The van der Waals surface area contributed by atoms with Crippen molar-refractivity contribution in [1.82, 2.24) is 14.5 Å². The number of ether oxygens (including phenoxy) is 1. The molecule has 13 heteroatoms. The Bertz CT molecular complexity index is 1860. The van der Waals surface area contributed by atoms with Gasteiger partial charge >= 0.3 is 11.9 Å². The van der Waals surface area contributed by atoms with Gasteiger partial charge in [-0.3, -0.25) is 9.36 Å². The van der Waals surface area contributed by atoms with E-state index in [4.69, 9.17) is 10.2 Å². The summed E-state index contributed by atoms with van der Waals surface area (Å²) in [5.41, 5.74) is -9.39. The highest BCUT2D eigenvalue weighted by molar-refractivity contribution is 7.99. The molecule has 0 N–H and O–H groups in total. The van der Waals surface area contributed by atoms with Gasteiger partial charge in [-0.1, -0.05) is 6.58 Å². The van der Waals surface area contributed by atoms with Crippen molar-refractivity contribution in [2.75, 3.05) is 36.9 Å². The molecule has 0 radical (unpaired) electrons. The summed E-state index contributed by atoms with van der Waals surface area (Å²) >= 11 is 0.233. The average Bonchev–Trinajstić information content (AvgIpc) is 2.96. The second-order valence-electron chi connectivity index (χ2n) is 10.6. The lowest BCUT2D eigenvalue weighted by Crippen LogP contribution is -2.58. The summed E-state index contributed by atoms with van der Waals surface area (Å²) in [5.74, 6) is -3.04. The summed E-state index contributed by atoms with van der Waals surface area (Å²) in [6, 6.07) is 1.56. The lowest BCUT2D eigenvalue weighted by atomic mass is 9.88. The van der Waals surface area contributed by atoms with E-state index in [2.05, 4.69) is 11.6 Å². The molecule has 3 aliphatic heterocycles. The standard InChI is InChI=1S/C29H27F5N4O3S/c1-4-22(39)38-15(2)9-36(10-16(38)3)26-19-8-20(29(32,33)34)23(18-6-5-17(30)7-21(18)31)25-24(19)37(27(40)35-26)11-28(14-42-25)12-41-13-28/h4-8,15-16H,1,9-14H2,2-3H3/t15-,16+/i11D2,14D2. The highest BCUT2D eigenvalue weighted by atomic mass is 32.2. The quantitative estimate of drug-likeness (QED) is 0.304. The van der Waals surface area contributed by atoms with Gasteiger partial charge in [-0.25, -0.2) is 13.6 Å². The number of alkyl halides is 3. The summed E-state index contributed by atoms with van der Waals surface area (Å²) in [4.78, 5) is 33.1. The fraction of sp³-hybridized carbons (Fsp3) is 0.414. The number of nitrogens with zero attached hydrogens (tertiary/aromatic N) is 4. The molecular weight excluding hydrogens is 579 g/mol. The van der Waals surface area contributed by atoms with Crippen molar-refractivity contribution in [3.05, 3.63) is 64.6 Å². The molecule has 2 atom stereocenters. The minimum Gasteiger partial charge on any atom is -0.380 e. The van der Waals surface area contributed by atoms with Gasteiger partial charge in [0.2, 0.25) is 5.91 Å². The SMILES string of the molecule is [2H]C1([2H])Sc2c(-c3ccc(F)cc3F)c(C(F)(F)F)cc3c(N4C[C@@H](C)N(C(=O)C=C)[C@@H](C)C4)nc(=O)n(c23)C([2H])([2H])C12COC2. The predicted octanol–water partition coefficient (Wildman–Crippen LogP) is 5.09. The van der Waals surface area contributed by atoms with Crippen LogP contribution in [0.2, 0.25) is 0 Å². The number of thioether (sulfide) groups is 1. The molecule has 3 aliphatic rings. The summed E-state index contributed by atoms with van der Waals surface area (Å²) in [7, 11) is 0. The fourth-order valence-corrected chi connectivity index (χ4v) is 6.90. The number of aromatic nitrogens is 2. The molecule has 0 bridgehead atoms. The molecule has 1 aromatic heterocycles. The maximum atomic E-state index is 15.3. The van der Waals surface area contributed by atoms with Crippen molar-refractivity contribution in [1.29, 1.82) is 0 Å². The van der Waals surface area contributed by atoms with Gasteiger partial charge in [0, 0.05) is 73.0 Å². The number of anilines is 1. The van der Waals surface area contributed by atoms with Gasteiger partial charge in [0.15, 0.2) is 0 Å². The van der Waals surface area contributed by atoms with Gasteiger partial charge in [-0.05, 0) is 38.1 Å². The topological polar surface area (TPSA) is 67.7 Å². The molecule has 222 valence electrons. The Morgan fingerprint density at radius 2 is 1.90 bits per heavy atom. The Kier molecular flexibility index (Phi) is 5.77. The van der Waals surface area contributed by atoms with Gasteiger partial charge in [-0.2, -0.15) is 18.2 Å². The summed E-state index contributed by atoms with van der Waals surface area (Å²) in [6.07, 6.45) is -4.04. The zero-order chi connectivity index (χ0) is 33.7. The molecule has 0 saturated carbocycles. The number of rotatable bonds is 3. The second kappa shape index (κ2) is 10.1. The molecule has 6 rings (SSSR count). The van der Waals surface area contributed by atoms with Crippen LogP contribution in [-0.4, -0.2) is 64.5 Å². The first kappa shape index (κ1) is 24.0. The lowest BCUT2D eigenvalue weighted by molar-refractivity contribution is -0.137. The van der Waals surface area contributed by atoms with Gasteiger partial charge in [0.25, 0.3) is 0 Å². The largest absolute Gasteiger partial charge is 0.417 e.